The van der Waals surface area contributed by atoms with Crippen LogP contribution in [0.15, 0.2) is 109 Å². The Kier molecular flexibility index (Phi) is 5.13. The molecule has 38 heavy (non-hydrogen) atoms. The quantitative estimate of drug-likeness (QED) is 0.213. The van der Waals surface area contributed by atoms with Crippen molar-refractivity contribution in [3.8, 4) is 22.3 Å². The molecule has 0 saturated heterocycles. The highest BCUT2D eigenvalue weighted by atomic mass is 14.2. The average Bonchev–Trinajstić information content (AvgIpc) is 2.91. The number of rotatable bonds is 2. The van der Waals surface area contributed by atoms with Crippen molar-refractivity contribution in [2.24, 2.45) is 0 Å². The molecule has 0 spiro atoms. The average molecular weight is 487 g/mol. The summed E-state index contributed by atoms with van der Waals surface area (Å²) in [5.74, 6) is 0. The minimum atomic E-state index is 1.27. The Morgan fingerprint density at radius 2 is 0.632 bits per heavy atom. The van der Waals surface area contributed by atoms with Crippen molar-refractivity contribution in [2.45, 2.75) is 27.7 Å². The molecule has 0 saturated carbocycles. The van der Waals surface area contributed by atoms with Crippen LogP contribution in [0.2, 0.25) is 0 Å². The van der Waals surface area contributed by atoms with E-state index >= 15 is 0 Å². The Morgan fingerprint density at radius 3 is 1.08 bits per heavy atom. The van der Waals surface area contributed by atoms with Crippen molar-refractivity contribution in [1.29, 1.82) is 0 Å². The van der Waals surface area contributed by atoms with Gasteiger partial charge in [-0.05, 0) is 105 Å². The molecule has 7 aromatic rings. The summed E-state index contributed by atoms with van der Waals surface area (Å²) >= 11 is 0. The standard InChI is InChI=1S/C38H30/c1-23-5-9-29-21-31(13-11-27(29)17-23)37-33-15-7-26(4)20-36(33)38(34-16-8-25(3)19-35(34)37)32-14-12-28-18-24(2)6-10-30(28)22-32/h5-22H,1-4H3. The molecular weight excluding hydrogens is 456 g/mol. The van der Waals surface area contributed by atoms with Gasteiger partial charge in [0.25, 0.3) is 0 Å². The number of benzene rings is 7. The summed E-state index contributed by atoms with van der Waals surface area (Å²) in [5.41, 5.74) is 10.3. The normalized spacial score (nSPS) is 11.7. The van der Waals surface area contributed by atoms with E-state index in [9.17, 15) is 0 Å². The highest BCUT2D eigenvalue weighted by Gasteiger charge is 2.18. The molecular formula is C38H30. The van der Waals surface area contributed by atoms with Crippen LogP contribution in [0.1, 0.15) is 22.3 Å². The van der Waals surface area contributed by atoms with Crippen LogP contribution < -0.4 is 0 Å². The molecule has 0 heteroatoms. The van der Waals surface area contributed by atoms with E-state index in [2.05, 4.69) is 137 Å². The molecule has 0 aliphatic heterocycles. The summed E-state index contributed by atoms with van der Waals surface area (Å²) in [4.78, 5) is 0. The van der Waals surface area contributed by atoms with Gasteiger partial charge in [-0.15, -0.1) is 0 Å². The third-order valence-electron chi connectivity index (χ3n) is 8.00. The van der Waals surface area contributed by atoms with Crippen LogP contribution in [-0.4, -0.2) is 0 Å². The van der Waals surface area contributed by atoms with Gasteiger partial charge in [-0.2, -0.15) is 0 Å². The van der Waals surface area contributed by atoms with Crippen LogP contribution in [0, 0.1) is 27.7 Å². The maximum absolute atomic E-state index is 2.37. The summed E-state index contributed by atoms with van der Waals surface area (Å²) in [5, 5.41) is 10.4. The van der Waals surface area contributed by atoms with Gasteiger partial charge in [-0.3, -0.25) is 0 Å². The Morgan fingerprint density at radius 1 is 0.289 bits per heavy atom. The first-order chi connectivity index (χ1) is 18.4. The predicted octanol–water partition coefficient (Wildman–Crippen LogP) is 10.9. The van der Waals surface area contributed by atoms with E-state index in [1.165, 1.54) is 87.6 Å². The van der Waals surface area contributed by atoms with Crippen LogP contribution in [0.25, 0.3) is 65.3 Å². The maximum atomic E-state index is 2.37. The van der Waals surface area contributed by atoms with Gasteiger partial charge in [-0.25, -0.2) is 0 Å². The fourth-order valence-corrected chi connectivity index (χ4v) is 6.12. The number of hydrogen-bond acceptors (Lipinski definition) is 0. The topological polar surface area (TPSA) is 0 Å². The lowest BCUT2D eigenvalue weighted by Crippen LogP contribution is -1.92. The molecule has 0 heterocycles. The third-order valence-corrected chi connectivity index (χ3v) is 8.00. The van der Waals surface area contributed by atoms with Gasteiger partial charge in [-0.1, -0.05) is 119 Å². The fourth-order valence-electron chi connectivity index (χ4n) is 6.12. The van der Waals surface area contributed by atoms with Gasteiger partial charge >= 0.3 is 0 Å². The monoisotopic (exact) mass is 486 g/mol. The molecule has 0 radical (unpaired) electrons. The van der Waals surface area contributed by atoms with Gasteiger partial charge < -0.3 is 0 Å². The smallest absolute Gasteiger partial charge is 0.00260 e. The van der Waals surface area contributed by atoms with E-state index in [-0.39, 0.29) is 0 Å². The highest BCUT2D eigenvalue weighted by Crippen LogP contribution is 2.45. The molecule has 0 aliphatic carbocycles. The van der Waals surface area contributed by atoms with Gasteiger partial charge in [0.2, 0.25) is 0 Å². The second-order valence-corrected chi connectivity index (χ2v) is 11.0. The van der Waals surface area contributed by atoms with Crippen molar-refractivity contribution in [3.63, 3.8) is 0 Å². The van der Waals surface area contributed by atoms with Crippen molar-refractivity contribution in [1.82, 2.24) is 0 Å². The number of fused-ring (bicyclic) bond motifs is 4. The van der Waals surface area contributed by atoms with Crippen molar-refractivity contribution >= 4 is 43.1 Å². The molecule has 7 rings (SSSR count). The molecule has 0 aromatic heterocycles. The van der Waals surface area contributed by atoms with E-state index in [0.29, 0.717) is 0 Å². The number of aryl methyl sites for hydroxylation is 4. The van der Waals surface area contributed by atoms with E-state index < -0.39 is 0 Å². The molecule has 0 bridgehead atoms. The third kappa shape index (κ3) is 3.68. The molecule has 0 N–H and O–H groups in total. The Labute approximate surface area is 224 Å². The molecule has 0 nitrogen and oxygen atoms in total. The summed E-state index contributed by atoms with van der Waals surface area (Å²) < 4.78 is 0. The van der Waals surface area contributed by atoms with Gasteiger partial charge in [0.05, 0.1) is 0 Å². The number of hydrogen-bond donors (Lipinski definition) is 0. The van der Waals surface area contributed by atoms with Crippen LogP contribution in [-0.2, 0) is 0 Å². The van der Waals surface area contributed by atoms with Crippen molar-refractivity contribution < 1.29 is 0 Å². The van der Waals surface area contributed by atoms with Gasteiger partial charge in [0, 0.05) is 0 Å². The first-order valence-corrected chi connectivity index (χ1v) is 13.4. The first-order valence-electron chi connectivity index (χ1n) is 13.4. The molecule has 0 fully saturated rings. The fraction of sp³-hybridized carbons (Fsp3) is 0.105. The molecule has 182 valence electrons. The minimum absolute atomic E-state index is 1.27. The largest absolute Gasteiger partial charge is 0.0587 e. The Balaban J connectivity index is 1.61. The van der Waals surface area contributed by atoms with E-state index in [1.54, 1.807) is 0 Å². The summed E-state index contributed by atoms with van der Waals surface area (Å²) in [7, 11) is 0. The van der Waals surface area contributed by atoms with Gasteiger partial charge in [0.15, 0.2) is 0 Å². The lowest BCUT2D eigenvalue weighted by molar-refractivity contribution is 1.49. The van der Waals surface area contributed by atoms with Crippen LogP contribution in [0.5, 0.6) is 0 Å². The Bertz CT molecular complexity index is 1910. The van der Waals surface area contributed by atoms with Crippen LogP contribution in [0.3, 0.4) is 0 Å². The highest BCUT2D eigenvalue weighted by molar-refractivity contribution is 6.22. The molecule has 0 amide bonds. The summed E-state index contributed by atoms with van der Waals surface area (Å²) in [6, 6.07) is 41.3. The molecule has 0 unspecified atom stereocenters. The van der Waals surface area contributed by atoms with Crippen molar-refractivity contribution in [2.75, 3.05) is 0 Å². The second-order valence-electron chi connectivity index (χ2n) is 11.0. The molecule has 0 atom stereocenters. The second kappa shape index (κ2) is 8.57. The zero-order chi connectivity index (χ0) is 26.0. The zero-order valence-corrected chi connectivity index (χ0v) is 22.4. The van der Waals surface area contributed by atoms with E-state index in [0.717, 1.165) is 0 Å². The minimum Gasteiger partial charge on any atom is -0.0587 e. The van der Waals surface area contributed by atoms with Crippen LogP contribution in [0.4, 0.5) is 0 Å². The van der Waals surface area contributed by atoms with Gasteiger partial charge in [0.1, 0.15) is 0 Å². The van der Waals surface area contributed by atoms with Crippen molar-refractivity contribution in [3.05, 3.63) is 131 Å². The molecule has 0 aliphatic rings. The van der Waals surface area contributed by atoms with E-state index in [1.807, 2.05) is 0 Å². The zero-order valence-electron chi connectivity index (χ0n) is 22.4. The lowest BCUT2D eigenvalue weighted by Gasteiger charge is -2.19. The predicted molar refractivity (Wildman–Crippen MR) is 166 cm³/mol. The first kappa shape index (κ1) is 22.8. The lowest BCUT2D eigenvalue weighted by atomic mass is 9.84. The van der Waals surface area contributed by atoms with E-state index in [4.69, 9.17) is 0 Å². The molecule has 7 aromatic carbocycles. The SMILES string of the molecule is Cc1ccc2cc(-c3c4ccc(C)cc4c(-c4ccc5cc(C)ccc5c4)c4ccc(C)cc34)ccc2c1. The van der Waals surface area contributed by atoms with Crippen LogP contribution >= 0.6 is 0 Å². The Hall–Kier alpha value is -4.42. The summed E-state index contributed by atoms with van der Waals surface area (Å²) in [6.45, 7) is 8.71. The summed E-state index contributed by atoms with van der Waals surface area (Å²) in [6.07, 6.45) is 0. The maximum Gasteiger partial charge on any atom is -0.00260 e.